The number of aromatic nitrogens is 3. The van der Waals surface area contributed by atoms with Gasteiger partial charge in [-0.1, -0.05) is 18.2 Å². The molecule has 0 bridgehead atoms. The highest BCUT2D eigenvalue weighted by Crippen LogP contribution is 2.25. The molecular weight excluding hydrogens is 340 g/mol. The van der Waals surface area contributed by atoms with Gasteiger partial charge in [0.2, 0.25) is 11.8 Å². The first-order chi connectivity index (χ1) is 13.2. The van der Waals surface area contributed by atoms with Crippen LogP contribution < -0.4 is 4.90 Å². The predicted molar refractivity (Wildman–Crippen MR) is 101 cm³/mol. The lowest BCUT2D eigenvalue weighted by molar-refractivity contribution is 0.173. The van der Waals surface area contributed by atoms with E-state index in [0.29, 0.717) is 17.3 Å². The molecule has 4 rings (SSSR count). The summed E-state index contributed by atoms with van der Waals surface area (Å²) in [7, 11) is 0. The number of nitriles is 1. The van der Waals surface area contributed by atoms with E-state index in [1.54, 1.807) is 12.3 Å². The standard InChI is InChI=1S/C20H20N6O/c1-15(19-23-24-20(27-19)17-5-3-2-4-6-17)25-9-11-26(12-10-25)18-13-16(14-21)7-8-22-18/h2-8,13,15H,9-12H2,1H3. The first-order valence-electron chi connectivity index (χ1n) is 8.98. The molecule has 7 heteroatoms. The number of hydrogen-bond donors (Lipinski definition) is 0. The van der Waals surface area contributed by atoms with E-state index in [9.17, 15) is 0 Å². The Kier molecular flexibility index (Phi) is 4.81. The molecule has 1 unspecified atom stereocenters. The average Bonchev–Trinajstić information content (AvgIpc) is 3.24. The summed E-state index contributed by atoms with van der Waals surface area (Å²) in [6.07, 6.45) is 1.69. The van der Waals surface area contributed by atoms with Crippen LogP contribution in [-0.4, -0.2) is 46.3 Å². The van der Waals surface area contributed by atoms with Gasteiger partial charge < -0.3 is 9.32 Å². The van der Waals surface area contributed by atoms with Crippen molar-refractivity contribution in [2.24, 2.45) is 0 Å². The maximum absolute atomic E-state index is 9.06. The number of pyridine rings is 1. The summed E-state index contributed by atoms with van der Waals surface area (Å²) in [4.78, 5) is 8.92. The Morgan fingerprint density at radius 2 is 1.85 bits per heavy atom. The monoisotopic (exact) mass is 360 g/mol. The Balaban J connectivity index is 1.41. The summed E-state index contributed by atoms with van der Waals surface area (Å²) in [5, 5.41) is 17.5. The lowest BCUT2D eigenvalue weighted by atomic mass is 10.2. The normalized spacial score (nSPS) is 16.1. The van der Waals surface area contributed by atoms with Gasteiger partial charge >= 0.3 is 0 Å². The Morgan fingerprint density at radius 1 is 1.07 bits per heavy atom. The number of benzene rings is 1. The van der Waals surface area contributed by atoms with Crippen molar-refractivity contribution in [1.29, 1.82) is 5.26 Å². The maximum atomic E-state index is 9.06. The summed E-state index contributed by atoms with van der Waals surface area (Å²) in [6, 6.07) is 15.6. The first kappa shape index (κ1) is 17.2. The van der Waals surface area contributed by atoms with Crippen LogP contribution in [0.25, 0.3) is 11.5 Å². The topological polar surface area (TPSA) is 82.1 Å². The molecule has 0 saturated carbocycles. The van der Waals surface area contributed by atoms with Crippen LogP contribution in [0.5, 0.6) is 0 Å². The largest absolute Gasteiger partial charge is 0.419 e. The van der Waals surface area contributed by atoms with E-state index < -0.39 is 0 Å². The average molecular weight is 360 g/mol. The molecule has 1 saturated heterocycles. The van der Waals surface area contributed by atoms with E-state index in [1.807, 2.05) is 36.4 Å². The van der Waals surface area contributed by atoms with Crippen LogP contribution in [-0.2, 0) is 0 Å². The third kappa shape index (κ3) is 3.66. The molecule has 1 atom stereocenters. The summed E-state index contributed by atoms with van der Waals surface area (Å²) < 4.78 is 5.90. The van der Waals surface area contributed by atoms with Crippen LogP contribution in [0, 0.1) is 11.3 Å². The second-order valence-corrected chi connectivity index (χ2v) is 6.52. The van der Waals surface area contributed by atoms with Crippen molar-refractivity contribution < 1.29 is 4.42 Å². The summed E-state index contributed by atoms with van der Waals surface area (Å²) in [5.74, 6) is 2.03. The molecule has 7 nitrogen and oxygen atoms in total. The minimum Gasteiger partial charge on any atom is -0.419 e. The lowest BCUT2D eigenvalue weighted by Gasteiger charge is -2.37. The molecule has 27 heavy (non-hydrogen) atoms. The molecule has 1 aliphatic heterocycles. The van der Waals surface area contributed by atoms with E-state index in [2.05, 4.69) is 38.0 Å². The van der Waals surface area contributed by atoms with Crippen LogP contribution in [0.2, 0.25) is 0 Å². The van der Waals surface area contributed by atoms with Gasteiger partial charge in [0.15, 0.2) is 0 Å². The van der Waals surface area contributed by atoms with Crippen molar-refractivity contribution in [1.82, 2.24) is 20.1 Å². The van der Waals surface area contributed by atoms with Gasteiger partial charge in [-0.05, 0) is 31.2 Å². The highest BCUT2D eigenvalue weighted by Gasteiger charge is 2.26. The number of hydrogen-bond acceptors (Lipinski definition) is 7. The van der Waals surface area contributed by atoms with Crippen LogP contribution in [0.4, 0.5) is 5.82 Å². The third-order valence-electron chi connectivity index (χ3n) is 4.88. The van der Waals surface area contributed by atoms with Crippen molar-refractivity contribution in [3.8, 4) is 17.5 Å². The van der Waals surface area contributed by atoms with Gasteiger partial charge in [-0.15, -0.1) is 10.2 Å². The third-order valence-corrected chi connectivity index (χ3v) is 4.88. The van der Waals surface area contributed by atoms with E-state index >= 15 is 0 Å². The molecule has 0 spiro atoms. The molecule has 1 aromatic carbocycles. The van der Waals surface area contributed by atoms with Crippen LogP contribution in [0.1, 0.15) is 24.4 Å². The van der Waals surface area contributed by atoms with E-state index in [4.69, 9.17) is 9.68 Å². The molecular formula is C20H20N6O. The zero-order valence-electron chi connectivity index (χ0n) is 15.1. The molecule has 136 valence electrons. The fraction of sp³-hybridized carbons (Fsp3) is 0.300. The van der Waals surface area contributed by atoms with E-state index in [-0.39, 0.29) is 6.04 Å². The molecule has 3 heterocycles. The van der Waals surface area contributed by atoms with Crippen LogP contribution >= 0.6 is 0 Å². The summed E-state index contributed by atoms with van der Waals surface area (Å²) in [5.41, 5.74) is 1.56. The van der Waals surface area contributed by atoms with E-state index in [1.165, 1.54) is 0 Å². The number of rotatable bonds is 4. The van der Waals surface area contributed by atoms with Gasteiger partial charge in [0.25, 0.3) is 0 Å². The fourth-order valence-electron chi connectivity index (χ4n) is 3.26. The minimum absolute atomic E-state index is 0.0514. The molecule has 2 aromatic heterocycles. The predicted octanol–water partition coefficient (Wildman–Crippen LogP) is 2.89. The highest BCUT2D eigenvalue weighted by atomic mass is 16.4. The molecule has 0 aliphatic carbocycles. The van der Waals surface area contributed by atoms with Gasteiger partial charge in [-0.25, -0.2) is 4.98 Å². The SMILES string of the molecule is CC(c1nnc(-c2ccccc2)o1)N1CCN(c2cc(C#N)ccn2)CC1. The maximum Gasteiger partial charge on any atom is 0.247 e. The first-order valence-corrected chi connectivity index (χ1v) is 8.98. The van der Waals surface area contributed by atoms with Crippen LogP contribution in [0.15, 0.2) is 53.1 Å². The second-order valence-electron chi connectivity index (χ2n) is 6.52. The number of piperazine rings is 1. The van der Waals surface area contributed by atoms with Crippen molar-refractivity contribution >= 4 is 5.82 Å². The van der Waals surface area contributed by atoms with Gasteiger partial charge in [0.1, 0.15) is 5.82 Å². The van der Waals surface area contributed by atoms with Gasteiger partial charge in [-0.3, -0.25) is 4.90 Å². The molecule has 0 amide bonds. The van der Waals surface area contributed by atoms with Crippen molar-refractivity contribution in [3.63, 3.8) is 0 Å². The van der Waals surface area contributed by atoms with Gasteiger partial charge in [-0.2, -0.15) is 5.26 Å². The minimum atomic E-state index is 0.0514. The Hall–Kier alpha value is -3.24. The van der Waals surface area contributed by atoms with Gasteiger partial charge in [0, 0.05) is 37.9 Å². The molecule has 3 aromatic rings. The highest BCUT2D eigenvalue weighted by molar-refractivity contribution is 5.51. The van der Waals surface area contributed by atoms with Crippen molar-refractivity contribution in [2.45, 2.75) is 13.0 Å². The Morgan fingerprint density at radius 3 is 2.59 bits per heavy atom. The molecule has 1 aliphatic rings. The fourth-order valence-corrected chi connectivity index (χ4v) is 3.26. The zero-order valence-corrected chi connectivity index (χ0v) is 15.1. The molecule has 0 N–H and O–H groups in total. The lowest BCUT2D eigenvalue weighted by Crippen LogP contribution is -2.47. The van der Waals surface area contributed by atoms with Crippen LogP contribution in [0.3, 0.4) is 0 Å². The zero-order chi connectivity index (χ0) is 18.6. The Labute approximate surface area is 157 Å². The summed E-state index contributed by atoms with van der Waals surface area (Å²) >= 11 is 0. The molecule has 0 radical (unpaired) electrons. The second kappa shape index (κ2) is 7.56. The Bertz CT molecular complexity index is 940. The van der Waals surface area contributed by atoms with Crippen molar-refractivity contribution in [2.75, 3.05) is 31.1 Å². The van der Waals surface area contributed by atoms with E-state index in [0.717, 1.165) is 37.6 Å². The number of nitrogens with zero attached hydrogens (tertiary/aromatic N) is 6. The quantitative estimate of drug-likeness (QED) is 0.707. The molecule has 1 fully saturated rings. The number of anilines is 1. The van der Waals surface area contributed by atoms with Gasteiger partial charge in [0.05, 0.1) is 17.7 Å². The summed E-state index contributed by atoms with van der Waals surface area (Å²) in [6.45, 7) is 5.50. The van der Waals surface area contributed by atoms with Crippen molar-refractivity contribution in [3.05, 3.63) is 60.1 Å². The smallest absolute Gasteiger partial charge is 0.247 e.